The molecule has 0 aromatic carbocycles. The normalized spacial score (nSPS) is 10.6. The van der Waals surface area contributed by atoms with E-state index in [9.17, 15) is 0 Å². The first-order valence-electron chi connectivity index (χ1n) is 2.39. The van der Waals surface area contributed by atoms with Crippen molar-refractivity contribution in [2.75, 3.05) is 13.8 Å². The molecule has 0 fully saturated rings. The van der Waals surface area contributed by atoms with Gasteiger partial charge in [0, 0.05) is 13.3 Å². The number of rotatable bonds is 3. The molecular formula is C5H11NO. The van der Waals surface area contributed by atoms with Crippen LogP contribution < -0.4 is 0 Å². The van der Waals surface area contributed by atoms with Gasteiger partial charge in [0.05, 0.1) is 0 Å². The van der Waals surface area contributed by atoms with Crippen molar-refractivity contribution in [2.45, 2.75) is 13.3 Å². The highest BCUT2D eigenvalue weighted by molar-refractivity contribution is 5.56. The van der Waals surface area contributed by atoms with E-state index in [0.29, 0.717) is 6.73 Å². The Labute approximate surface area is 44.2 Å². The van der Waals surface area contributed by atoms with Crippen molar-refractivity contribution >= 4 is 6.21 Å². The Morgan fingerprint density at radius 3 is 2.86 bits per heavy atom. The van der Waals surface area contributed by atoms with E-state index >= 15 is 0 Å². The number of nitrogens with zero attached hydrogens (tertiary/aromatic N) is 1. The van der Waals surface area contributed by atoms with Gasteiger partial charge in [-0.15, -0.1) is 0 Å². The average Bonchev–Trinajstić information content (AvgIpc) is 1.69. The molecule has 0 unspecified atom stereocenters. The van der Waals surface area contributed by atoms with E-state index < -0.39 is 0 Å². The zero-order chi connectivity index (χ0) is 5.54. The van der Waals surface area contributed by atoms with Gasteiger partial charge in [-0.05, 0) is 6.42 Å². The first kappa shape index (κ1) is 6.63. The quantitative estimate of drug-likeness (QED) is 0.487. The number of aliphatic imine (C=N–C) groups is 1. The zero-order valence-corrected chi connectivity index (χ0v) is 4.85. The Balaban J connectivity index is 2.78. The van der Waals surface area contributed by atoms with E-state index in [0.717, 1.165) is 6.42 Å². The maximum Gasteiger partial charge on any atom is 0.136 e. The monoisotopic (exact) mass is 101 g/mol. The summed E-state index contributed by atoms with van der Waals surface area (Å²) in [5, 5.41) is 0. The third-order valence-electron chi connectivity index (χ3n) is 0.515. The van der Waals surface area contributed by atoms with Gasteiger partial charge in [0.2, 0.25) is 0 Å². The smallest absolute Gasteiger partial charge is 0.136 e. The van der Waals surface area contributed by atoms with E-state index in [1.54, 1.807) is 7.11 Å². The van der Waals surface area contributed by atoms with Crippen LogP contribution in [0.4, 0.5) is 0 Å². The standard InChI is InChI=1S/C5H11NO/c1-3-4-6-5-7-2/h4H,3,5H2,1-2H3. The van der Waals surface area contributed by atoms with Crippen molar-refractivity contribution in [1.82, 2.24) is 0 Å². The molecule has 2 heteroatoms. The Morgan fingerprint density at radius 1 is 1.71 bits per heavy atom. The third-order valence-corrected chi connectivity index (χ3v) is 0.515. The number of hydrogen-bond donors (Lipinski definition) is 0. The van der Waals surface area contributed by atoms with Crippen LogP contribution in [0.2, 0.25) is 0 Å². The largest absolute Gasteiger partial charge is 0.363 e. The van der Waals surface area contributed by atoms with Gasteiger partial charge in [0.15, 0.2) is 0 Å². The van der Waals surface area contributed by atoms with E-state index in [1.165, 1.54) is 0 Å². The van der Waals surface area contributed by atoms with Crippen LogP contribution in [-0.4, -0.2) is 20.1 Å². The second kappa shape index (κ2) is 5.63. The summed E-state index contributed by atoms with van der Waals surface area (Å²) in [6.45, 7) is 2.53. The van der Waals surface area contributed by atoms with Gasteiger partial charge < -0.3 is 4.74 Å². The van der Waals surface area contributed by atoms with Crippen LogP contribution in [0.25, 0.3) is 0 Å². The minimum atomic E-state index is 0.494. The molecular weight excluding hydrogens is 90.1 g/mol. The van der Waals surface area contributed by atoms with Gasteiger partial charge in [0.25, 0.3) is 0 Å². The number of ether oxygens (including phenoxy) is 1. The van der Waals surface area contributed by atoms with Crippen molar-refractivity contribution in [3.8, 4) is 0 Å². The van der Waals surface area contributed by atoms with Gasteiger partial charge in [0.1, 0.15) is 6.73 Å². The molecule has 0 aliphatic heterocycles. The molecule has 0 aromatic rings. The van der Waals surface area contributed by atoms with Gasteiger partial charge >= 0.3 is 0 Å². The van der Waals surface area contributed by atoms with Crippen molar-refractivity contribution < 1.29 is 4.74 Å². The van der Waals surface area contributed by atoms with Gasteiger partial charge in [-0.2, -0.15) is 0 Å². The lowest BCUT2D eigenvalue weighted by Gasteiger charge is -1.84. The summed E-state index contributed by atoms with van der Waals surface area (Å²) in [5.41, 5.74) is 0. The summed E-state index contributed by atoms with van der Waals surface area (Å²) in [4.78, 5) is 3.86. The summed E-state index contributed by atoms with van der Waals surface area (Å²) in [7, 11) is 1.63. The summed E-state index contributed by atoms with van der Waals surface area (Å²) in [6, 6.07) is 0. The fourth-order valence-corrected chi connectivity index (χ4v) is 0.256. The lowest BCUT2D eigenvalue weighted by Crippen LogP contribution is -1.81. The van der Waals surface area contributed by atoms with E-state index in [1.807, 2.05) is 13.1 Å². The van der Waals surface area contributed by atoms with Crippen LogP contribution in [0, 0.1) is 0 Å². The lowest BCUT2D eigenvalue weighted by atomic mass is 10.5. The van der Waals surface area contributed by atoms with E-state index in [2.05, 4.69) is 9.73 Å². The highest BCUT2D eigenvalue weighted by Gasteiger charge is 1.66. The Bertz CT molecular complexity index is 52.0. The van der Waals surface area contributed by atoms with Crippen molar-refractivity contribution in [1.29, 1.82) is 0 Å². The van der Waals surface area contributed by atoms with Crippen LogP contribution in [-0.2, 0) is 4.74 Å². The topological polar surface area (TPSA) is 21.6 Å². The van der Waals surface area contributed by atoms with E-state index in [4.69, 9.17) is 0 Å². The summed E-state index contributed by atoms with van der Waals surface area (Å²) < 4.78 is 4.65. The summed E-state index contributed by atoms with van der Waals surface area (Å²) >= 11 is 0. The van der Waals surface area contributed by atoms with Crippen LogP contribution in [0.5, 0.6) is 0 Å². The molecule has 0 N–H and O–H groups in total. The second-order valence-electron chi connectivity index (χ2n) is 1.19. The molecule has 0 spiro atoms. The highest BCUT2D eigenvalue weighted by Crippen LogP contribution is 1.69. The highest BCUT2D eigenvalue weighted by atomic mass is 16.5. The van der Waals surface area contributed by atoms with Gasteiger partial charge in [-0.3, -0.25) is 4.99 Å². The Hall–Kier alpha value is -0.370. The fourth-order valence-electron chi connectivity index (χ4n) is 0.256. The molecule has 0 saturated heterocycles. The van der Waals surface area contributed by atoms with E-state index in [-0.39, 0.29) is 0 Å². The van der Waals surface area contributed by atoms with Crippen molar-refractivity contribution in [3.05, 3.63) is 0 Å². The first-order valence-corrected chi connectivity index (χ1v) is 2.39. The first-order chi connectivity index (χ1) is 3.41. The Morgan fingerprint density at radius 2 is 2.43 bits per heavy atom. The third kappa shape index (κ3) is 5.63. The van der Waals surface area contributed by atoms with Crippen LogP contribution in [0.3, 0.4) is 0 Å². The molecule has 0 bridgehead atoms. The maximum atomic E-state index is 4.65. The molecule has 7 heavy (non-hydrogen) atoms. The predicted octanol–water partition coefficient (Wildman–Crippen LogP) is 1.07. The van der Waals surface area contributed by atoms with Gasteiger partial charge in [-0.25, -0.2) is 0 Å². The molecule has 0 aliphatic rings. The molecule has 0 heterocycles. The zero-order valence-electron chi connectivity index (χ0n) is 4.85. The molecule has 0 amide bonds. The Kier molecular flexibility index (Phi) is 5.33. The molecule has 0 aromatic heterocycles. The van der Waals surface area contributed by atoms with Crippen molar-refractivity contribution in [2.24, 2.45) is 4.99 Å². The molecule has 0 radical (unpaired) electrons. The second-order valence-corrected chi connectivity index (χ2v) is 1.19. The SMILES string of the molecule is CCC=NCOC. The minimum absolute atomic E-state index is 0.494. The van der Waals surface area contributed by atoms with Crippen LogP contribution in [0.15, 0.2) is 4.99 Å². The molecule has 2 nitrogen and oxygen atoms in total. The summed E-state index contributed by atoms with van der Waals surface area (Å²) in [6.07, 6.45) is 2.83. The predicted molar refractivity (Wildman–Crippen MR) is 30.7 cm³/mol. The molecule has 0 aliphatic carbocycles. The summed E-state index contributed by atoms with van der Waals surface area (Å²) in [5.74, 6) is 0. The maximum absolute atomic E-state index is 4.65. The fraction of sp³-hybridized carbons (Fsp3) is 0.800. The van der Waals surface area contributed by atoms with Crippen LogP contribution >= 0.6 is 0 Å². The number of methoxy groups -OCH3 is 1. The number of hydrogen-bond acceptors (Lipinski definition) is 2. The molecule has 42 valence electrons. The molecule has 0 atom stereocenters. The molecule has 0 saturated carbocycles. The average molecular weight is 101 g/mol. The lowest BCUT2D eigenvalue weighted by molar-refractivity contribution is 0.209. The van der Waals surface area contributed by atoms with Crippen LogP contribution in [0.1, 0.15) is 13.3 Å². The van der Waals surface area contributed by atoms with Crippen molar-refractivity contribution in [3.63, 3.8) is 0 Å². The minimum Gasteiger partial charge on any atom is -0.363 e. The molecule has 0 rings (SSSR count). The van der Waals surface area contributed by atoms with Gasteiger partial charge in [-0.1, -0.05) is 6.92 Å².